The first kappa shape index (κ1) is 20.9. The largest absolute Gasteiger partial charge is 0.494 e. The van der Waals surface area contributed by atoms with Gasteiger partial charge in [-0.15, -0.1) is 0 Å². The van der Waals surface area contributed by atoms with Gasteiger partial charge in [-0.3, -0.25) is 0 Å². The van der Waals surface area contributed by atoms with Crippen LogP contribution in [0.2, 0.25) is 0 Å². The highest BCUT2D eigenvalue weighted by Crippen LogP contribution is 2.39. The lowest BCUT2D eigenvalue weighted by Crippen LogP contribution is -2.41. The maximum absolute atomic E-state index is 6.15. The third kappa shape index (κ3) is 5.45. The Kier molecular flexibility index (Phi) is 7.41. The summed E-state index contributed by atoms with van der Waals surface area (Å²) in [5.74, 6) is 0. The maximum Gasteiger partial charge on any atom is 0.494 e. The minimum absolute atomic E-state index is 0.400. The number of hydrogen-bond donors (Lipinski definition) is 0. The highest BCUT2D eigenvalue weighted by atomic mass is 16.7. The van der Waals surface area contributed by atoms with E-state index in [0.717, 1.165) is 16.6 Å². The van der Waals surface area contributed by atoms with Gasteiger partial charge in [0.1, 0.15) is 0 Å². The predicted molar refractivity (Wildman–Crippen MR) is 110 cm³/mol. The van der Waals surface area contributed by atoms with Crippen LogP contribution >= 0.6 is 0 Å². The van der Waals surface area contributed by atoms with E-state index in [1.54, 1.807) is 18.2 Å². The van der Waals surface area contributed by atoms with Crippen molar-refractivity contribution in [3.8, 4) is 0 Å². The van der Waals surface area contributed by atoms with Crippen molar-refractivity contribution in [1.82, 2.24) is 0 Å². The zero-order chi connectivity index (χ0) is 19.1. The molecular formula is C22H29BO2. The molecule has 1 heterocycles. The van der Waals surface area contributed by atoms with Crippen molar-refractivity contribution >= 4 is 7.12 Å². The van der Waals surface area contributed by atoms with Gasteiger partial charge in [0.2, 0.25) is 0 Å². The molecule has 2 nitrogen and oxygen atoms in total. The molecule has 25 heavy (non-hydrogen) atoms. The predicted octanol–water partition coefficient (Wildman–Crippen LogP) is 5.70. The smallest absolute Gasteiger partial charge is 0.399 e. The van der Waals surface area contributed by atoms with Crippen LogP contribution in [0.3, 0.4) is 0 Å². The van der Waals surface area contributed by atoms with Gasteiger partial charge in [-0.2, -0.15) is 0 Å². The standard InChI is InChI=1S/C22H29BO2/c1-9-12-15-19(14-11-3)18(4)17-20(16-13-10-2)23-24-21(5,6)22(7,8)25-23/h9-17H,1-4H2,5-8H3/b15-12-,16-13-,19-14+,20-17+. The Balaban J connectivity index is 3.22. The van der Waals surface area contributed by atoms with Gasteiger partial charge in [-0.25, -0.2) is 0 Å². The molecule has 0 amide bonds. The summed E-state index contributed by atoms with van der Waals surface area (Å²) < 4.78 is 12.3. The fourth-order valence-electron chi connectivity index (χ4n) is 2.21. The molecule has 0 aliphatic carbocycles. The molecular weight excluding hydrogens is 307 g/mol. The minimum atomic E-state index is -0.466. The van der Waals surface area contributed by atoms with Crippen molar-refractivity contribution < 1.29 is 9.31 Å². The van der Waals surface area contributed by atoms with E-state index in [2.05, 4.69) is 26.3 Å². The minimum Gasteiger partial charge on any atom is -0.399 e. The summed E-state index contributed by atoms with van der Waals surface area (Å²) in [5, 5.41) is 0. The second kappa shape index (κ2) is 8.84. The van der Waals surface area contributed by atoms with Crippen molar-refractivity contribution in [3.63, 3.8) is 0 Å². The van der Waals surface area contributed by atoms with Crippen molar-refractivity contribution in [3.05, 3.63) is 97.6 Å². The molecule has 0 saturated carbocycles. The Morgan fingerprint density at radius 2 is 1.36 bits per heavy atom. The van der Waals surface area contributed by atoms with E-state index in [1.807, 2.05) is 64.2 Å². The molecule has 0 N–H and O–H groups in total. The zero-order valence-electron chi connectivity index (χ0n) is 15.9. The molecule has 0 unspecified atom stereocenters. The molecule has 0 aromatic heterocycles. The summed E-state index contributed by atoms with van der Waals surface area (Å²) in [7, 11) is -0.466. The molecule has 0 spiro atoms. The molecule has 0 aromatic rings. The van der Waals surface area contributed by atoms with E-state index in [4.69, 9.17) is 9.31 Å². The molecule has 1 saturated heterocycles. The monoisotopic (exact) mass is 336 g/mol. The lowest BCUT2D eigenvalue weighted by molar-refractivity contribution is 0.00578. The number of allylic oxidation sites excluding steroid dienone is 12. The average Bonchev–Trinajstić information content (AvgIpc) is 2.75. The van der Waals surface area contributed by atoms with E-state index in [1.165, 1.54) is 0 Å². The third-order valence-corrected chi connectivity index (χ3v) is 4.37. The summed E-state index contributed by atoms with van der Waals surface area (Å²) >= 11 is 0. The molecule has 1 fully saturated rings. The van der Waals surface area contributed by atoms with Gasteiger partial charge in [0.25, 0.3) is 0 Å². The Bertz CT molecular complexity index is 642. The van der Waals surface area contributed by atoms with Crippen molar-refractivity contribution in [2.24, 2.45) is 0 Å². The summed E-state index contributed by atoms with van der Waals surface area (Å²) in [4.78, 5) is 0. The van der Waals surface area contributed by atoms with Crippen LogP contribution in [0.15, 0.2) is 97.6 Å². The van der Waals surface area contributed by atoms with E-state index in [0.29, 0.717) is 0 Å². The average molecular weight is 336 g/mol. The van der Waals surface area contributed by atoms with Gasteiger partial charge in [0.05, 0.1) is 11.2 Å². The molecule has 0 atom stereocenters. The molecule has 0 radical (unpaired) electrons. The van der Waals surface area contributed by atoms with E-state index in [-0.39, 0.29) is 0 Å². The first-order chi connectivity index (χ1) is 11.7. The SMILES string of the molecule is C=C/C=C\C(=C/C(=C)C(/C=C\C=C)=C/C=C)B1OC(C)(C)C(C)(C)O1. The molecule has 0 aromatic carbocycles. The van der Waals surface area contributed by atoms with Crippen LogP contribution in [0.1, 0.15) is 27.7 Å². The zero-order valence-corrected chi connectivity index (χ0v) is 15.9. The van der Waals surface area contributed by atoms with Gasteiger partial charge in [0.15, 0.2) is 0 Å². The van der Waals surface area contributed by atoms with Crippen LogP contribution in [0.25, 0.3) is 0 Å². The molecule has 0 bridgehead atoms. The number of rotatable bonds is 8. The van der Waals surface area contributed by atoms with Gasteiger partial charge < -0.3 is 9.31 Å². The summed E-state index contributed by atoms with van der Waals surface area (Å²) in [5.41, 5.74) is 1.85. The van der Waals surface area contributed by atoms with Gasteiger partial charge in [-0.05, 0) is 44.3 Å². The summed E-state index contributed by atoms with van der Waals surface area (Å²) in [6.07, 6.45) is 16.6. The van der Waals surface area contributed by atoms with Crippen LogP contribution in [-0.4, -0.2) is 18.3 Å². The fourth-order valence-corrected chi connectivity index (χ4v) is 2.21. The Morgan fingerprint density at radius 1 is 0.840 bits per heavy atom. The Morgan fingerprint density at radius 3 is 1.84 bits per heavy atom. The second-order valence-electron chi connectivity index (χ2n) is 6.81. The van der Waals surface area contributed by atoms with Gasteiger partial charge in [0, 0.05) is 0 Å². The Hall–Kier alpha value is -2.10. The lowest BCUT2D eigenvalue weighted by atomic mass is 9.76. The Labute approximate surface area is 153 Å². The topological polar surface area (TPSA) is 18.5 Å². The van der Waals surface area contributed by atoms with E-state index >= 15 is 0 Å². The number of hydrogen-bond acceptors (Lipinski definition) is 2. The highest BCUT2D eigenvalue weighted by molar-refractivity contribution is 6.55. The summed E-state index contributed by atoms with van der Waals surface area (Å²) in [6, 6.07) is 0. The van der Waals surface area contributed by atoms with Gasteiger partial charge in [-0.1, -0.05) is 81.0 Å². The van der Waals surface area contributed by atoms with E-state index < -0.39 is 18.3 Å². The van der Waals surface area contributed by atoms with Crippen LogP contribution in [0.4, 0.5) is 0 Å². The normalized spacial score (nSPS) is 20.2. The van der Waals surface area contributed by atoms with Crippen LogP contribution < -0.4 is 0 Å². The third-order valence-electron chi connectivity index (χ3n) is 4.37. The van der Waals surface area contributed by atoms with Crippen LogP contribution in [0.5, 0.6) is 0 Å². The van der Waals surface area contributed by atoms with Crippen molar-refractivity contribution in [2.75, 3.05) is 0 Å². The quantitative estimate of drug-likeness (QED) is 0.418. The highest BCUT2D eigenvalue weighted by Gasteiger charge is 2.51. The fraction of sp³-hybridized carbons (Fsp3) is 0.273. The first-order valence-electron chi connectivity index (χ1n) is 8.36. The molecule has 1 rings (SSSR count). The molecule has 3 heteroatoms. The summed E-state index contributed by atoms with van der Waals surface area (Å²) in [6.45, 7) is 23.5. The maximum atomic E-state index is 6.15. The first-order valence-corrected chi connectivity index (χ1v) is 8.36. The van der Waals surface area contributed by atoms with Crippen molar-refractivity contribution in [2.45, 2.75) is 38.9 Å². The van der Waals surface area contributed by atoms with Crippen molar-refractivity contribution in [1.29, 1.82) is 0 Å². The molecule has 132 valence electrons. The van der Waals surface area contributed by atoms with E-state index in [9.17, 15) is 0 Å². The second-order valence-corrected chi connectivity index (χ2v) is 6.81. The lowest BCUT2D eigenvalue weighted by Gasteiger charge is -2.32. The van der Waals surface area contributed by atoms with Gasteiger partial charge >= 0.3 is 7.12 Å². The van der Waals surface area contributed by atoms with Crippen LogP contribution in [0, 0.1) is 0 Å². The molecule has 1 aliphatic heterocycles. The van der Waals surface area contributed by atoms with Crippen LogP contribution in [-0.2, 0) is 9.31 Å². The molecule has 1 aliphatic rings.